The second-order valence-electron chi connectivity index (χ2n) is 5.97. The van der Waals surface area contributed by atoms with E-state index in [-0.39, 0.29) is 11.9 Å². The minimum Gasteiger partial charge on any atom is -0.307 e. The molecule has 0 saturated carbocycles. The van der Waals surface area contributed by atoms with Gasteiger partial charge in [0.2, 0.25) is 0 Å². The van der Waals surface area contributed by atoms with Crippen LogP contribution < -0.4 is 5.32 Å². The van der Waals surface area contributed by atoms with Crippen LogP contribution in [0.1, 0.15) is 48.1 Å². The van der Waals surface area contributed by atoms with Crippen molar-refractivity contribution in [3.05, 3.63) is 47.4 Å². The Morgan fingerprint density at radius 3 is 2.58 bits per heavy atom. The van der Waals surface area contributed by atoms with Crippen LogP contribution in [0.15, 0.2) is 30.5 Å². The first-order chi connectivity index (χ1) is 11.5. The van der Waals surface area contributed by atoms with Crippen LogP contribution in [0, 0.1) is 13.8 Å². The van der Waals surface area contributed by atoms with Crippen LogP contribution in [0.5, 0.6) is 0 Å². The lowest BCUT2D eigenvalue weighted by molar-refractivity contribution is 0.102. The fourth-order valence-electron chi connectivity index (χ4n) is 2.50. The summed E-state index contributed by atoms with van der Waals surface area (Å²) in [6, 6.07) is 7.40. The van der Waals surface area contributed by atoms with E-state index in [0.29, 0.717) is 11.4 Å². The van der Waals surface area contributed by atoms with E-state index in [4.69, 9.17) is 0 Å². The molecule has 0 aliphatic heterocycles. The molecular formula is C18H21N5O. The van der Waals surface area contributed by atoms with Gasteiger partial charge in [0, 0.05) is 11.6 Å². The molecule has 1 aromatic carbocycles. The number of aryl methyl sites for hydroxylation is 2. The van der Waals surface area contributed by atoms with Gasteiger partial charge < -0.3 is 5.32 Å². The van der Waals surface area contributed by atoms with Gasteiger partial charge in [-0.3, -0.25) is 4.79 Å². The highest BCUT2D eigenvalue weighted by Crippen LogP contribution is 2.19. The highest BCUT2D eigenvalue weighted by Gasteiger charge is 2.13. The summed E-state index contributed by atoms with van der Waals surface area (Å²) in [6.45, 7) is 8.00. The van der Waals surface area contributed by atoms with E-state index >= 15 is 0 Å². The summed E-state index contributed by atoms with van der Waals surface area (Å²) in [5, 5.41) is 7.21. The lowest BCUT2D eigenvalue weighted by Gasteiger charge is -2.14. The van der Waals surface area contributed by atoms with Gasteiger partial charge >= 0.3 is 0 Å². The number of rotatable bonds is 4. The van der Waals surface area contributed by atoms with E-state index < -0.39 is 0 Å². The molecule has 1 amide bonds. The smallest absolute Gasteiger partial charge is 0.256 e. The zero-order valence-corrected chi connectivity index (χ0v) is 14.4. The molecule has 1 atom stereocenters. The largest absolute Gasteiger partial charge is 0.307 e. The van der Waals surface area contributed by atoms with Crippen molar-refractivity contribution in [1.82, 2.24) is 19.7 Å². The molecule has 24 heavy (non-hydrogen) atoms. The van der Waals surface area contributed by atoms with Crippen LogP contribution in [0.2, 0.25) is 0 Å². The number of carbonyl (C=O) groups is 1. The van der Waals surface area contributed by atoms with Gasteiger partial charge in [-0.2, -0.15) is 5.10 Å². The maximum atomic E-state index is 12.6. The van der Waals surface area contributed by atoms with Crippen molar-refractivity contribution in [3.63, 3.8) is 0 Å². The van der Waals surface area contributed by atoms with E-state index in [1.807, 2.05) is 24.6 Å². The Bertz CT molecular complexity index is 900. The van der Waals surface area contributed by atoms with Crippen LogP contribution in [-0.4, -0.2) is 25.7 Å². The van der Waals surface area contributed by atoms with Crippen molar-refractivity contribution < 1.29 is 4.79 Å². The second-order valence-corrected chi connectivity index (χ2v) is 5.97. The van der Waals surface area contributed by atoms with E-state index in [0.717, 1.165) is 28.8 Å². The van der Waals surface area contributed by atoms with Gasteiger partial charge in [-0.1, -0.05) is 6.92 Å². The maximum Gasteiger partial charge on any atom is 0.256 e. The van der Waals surface area contributed by atoms with Gasteiger partial charge in [0.15, 0.2) is 0 Å². The second kappa shape index (κ2) is 6.39. The molecule has 2 heterocycles. The first-order valence-electron chi connectivity index (χ1n) is 8.09. The SMILES string of the molecule is CCC(C)n1nccc1NC(=O)c1ccc2nc(C)c(C)nc2c1. The molecule has 124 valence electrons. The number of hydrogen-bond donors (Lipinski definition) is 1. The molecule has 3 rings (SSSR count). The van der Waals surface area contributed by atoms with Crippen LogP contribution in [0.4, 0.5) is 5.82 Å². The summed E-state index contributed by atoms with van der Waals surface area (Å²) in [7, 11) is 0. The third-order valence-corrected chi connectivity index (χ3v) is 4.26. The Morgan fingerprint density at radius 1 is 1.17 bits per heavy atom. The lowest BCUT2D eigenvalue weighted by atomic mass is 10.1. The zero-order valence-electron chi connectivity index (χ0n) is 14.4. The number of benzene rings is 1. The molecule has 6 heteroatoms. The predicted octanol–water partition coefficient (Wildman–Crippen LogP) is 3.67. The minimum absolute atomic E-state index is 0.179. The molecule has 1 N–H and O–H groups in total. The fourth-order valence-corrected chi connectivity index (χ4v) is 2.50. The molecular weight excluding hydrogens is 302 g/mol. The molecule has 0 spiro atoms. The predicted molar refractivity (Wildman–Crippen MR) is 94.2 cm³/mol. The molecule has 2 aromatic heterocycles. The summed E-state index contributed by atoms with van der Waals surface area (Å²) in [5.74, 6) is 0.516. The third kappa shape index (κ3) is 2.99. The van der Waals surface area contributed by atoms with Crippen molar-refractivity contribution in [3.8, 4) is 0 Å². The summed E-state index contributed by atoms with van der Waals surface area (Å²) in [6.07, 6.45) is 2.63. The normalized spacial score (nSPS) is 12.3. The third-order valence-electron chi connectivity index (χ3n) is 4.26. The van der Waals surface area contributed by atoms with Crippen molar-refractivity contribution >= 4 is 22.8 Å². The first kappa shape index (κ1) is 16.1. The fraction of sp³-hybridized carbons (Fsp3) is 0.333. The molecule has 1 unspecified atom stereocenters. The average molecular weight is 323 g/mol. The molecule has 6 nitrogen and oxygen atoms in total. The van der Waals surface area contributed by atoms with E-state index in [1.54, 1.807) is 24.4 Å². The molecule has 3 aromatic rings. The summed E-state index contributed by atoms with van der Waals surface area (Å²) >= 11 is 0. The van der Waals surface area contributed by atoms with Gasteiger partial charge in [-0.05, 0) is 45.4 Å². The van der Waals surface area contributed by atoms with Gasteiger partial charge in [-0.15, -0.1) is 0 Å². The number of nitrogens with one attached hydrogen (secondary N) is 1. The first-order valence-corrected chi connectivity index (χ1v) is 8.09. The quantitative estimate of drug-likeness (QED) is 0.795. The van der Waals surface area contributed by atoms with Gasteiger partial charge in [-0.25, -0.2) is 14.6 Å². The zero-order chi connectivity index (χ0) is 17.3. The van der Waals surface area contributed by atoms with Crippen LogP contribution >= 0.6 is 0 Å². The average Bonchev–Trinajstić information content (AvgIpc) is 3.02. The number of amides is 1. The Kier molecular flexibility index (Phi) is 4.29. The Morgan fingerprint density at radius 2 is 1.88 bits per heavy atom. The van der Waals surface area contributed by atoms with Crippen molar-refractivity contribution in [2.24, 2.45) is 0 Å². The van der Waals surface area contributed by atoms with Gasteiger partial charge in [0.1, 0.15) is 5.82 Å². The summed E-state index contributed by atoms with van der Waals surface area (Å²) < 4.78 is 1.83. The Labute approximate surface area is 140 Å². The monoisotopic (exact) mass is 323 g/mol. The van der Waals surface area contributed by atoms with Crippen molar-refractivity contribution in [2.45, 2.75) is 40.2 Å². The van der Waals surface area contributed by atoms with Crippen LogP contribution in [0.25, 0.3) is 11.0 Å². The number of anilines is 1. The highest BCUT2D eigenvalue weighted by atomic mass is 16.1. The standard InChI is InChI=1S/C18H21N5O/c1-5-11(2)23-17(8-9-19-23)22-18(24)14-6-7-15-16(10-14)21-13(4)12(3)20-15/h6-11H,5H2,1-4H3,(H,22,24). The Balaban J connectivity index is 1.89. The topological polar surface area (TPSA) is 72.7 Å². The van der Waals surface area contributed by atoms with E-state index in [9.17, 15) is 4.79 Å². The Hall–Kier alpha value is -2.76. The van der Waals surface area contributed by atoms with E-state index in [1.165, 1.54) is 0 Å². The van der Waals surface area contributed by atoms with Crippen molar-refractivity contribution in [1.29, 1.82) is 0 Å². The highest BCUT2D eigenvalue weighted by molar-refractivity contribution is 6.05. The summed E-state index contributed by atoms with van der Waals surface area (Å²) in [5.41, 5.74) is 3.84. The van der Waals surface area contributed by atoms with Gasteiger partial charge in [0.25, 0.3) is 5.91 Å². The molecule has 0 radical (unpaired) electrons. The minimum atomic E-state index is -0.179. The van der Waals surface area contributed by atoms with E-state index in [2.05, 4.69) is 34.2 Å². The molecule has 0 aliphatic carbocycles. The molecule has 0 saturated heterocycles. The molecule has 0 fully saturated rings. The lowest BCUT2D eigenvalue weighted by Crippen LogP contribution is -2.17. The molecule has 0 aliphatic rings. The van der Waals surface area contributed by atoms with Crippen LogP contribution in [-0.2, 0) is 0 Å². The number of aromatic nitrogens is 4. The summed E-state index contributed by atoms with van der Waals surface area (Å²) in [4.78, 5) is 21.6. The van der Waals surface area contributed by atoms with Crippen molar-refractivity contribution in [2.75, 3.05) is 5.32 Å². The maximum absolute atomic E-state index is 12.6. The number of fused-ring (bicyclic) bond motifs is 1. The number of carbonyl (C=O) groups excluding carboxylic acids is 1. The number of nitrogens with zero attached hydrogens (tertiary/aromatic N) is 4. The molecule has 0 bridgehead atoms. The van der Waals surface area contributed by atoms with Crippen LogP contribution in [0.3, 0.4) is 0 Å². The van der Waals surface area contributed by atoms with Gasteiger partial charge in [0.05, 0.1) is 34.7 Å². The number of hydrogen-bond acceptors (Lipinski definition) is 4.